The lowest BCUT2D eigenvalue weighted by atomic mass is 10.2. The van der Waals surface area contributed by atoms with Crippen LogP contribution in [0.3, 0.4) is 0 Å². The molecule has 2 heterocycles. The van der Waals surface area contributed by atoms with Gasteiger partial charge in [0.1, 0.15) is 13.2 Å². The molecule has 0 aliphatic carbocycles. The Morgan fingerprint density at radius 1 is 0.750 bits per heavy atom. The van der Waals surface area contributed by atoms with Crippen LogP contribution in [0.5, 0.6) is 23.0 Å². The van der Waals surface area contributed by atoms with E-state index in [4.69, 9.17) is 18.9 Å². The Bertz CT molecular complexity index is 1310. The zero-order valence-corrected chi connectivity index (χ0v) is 17.5. The quantitative estimate of drug-likeness (QED) is 0.609. The highest BCUT2D eigenvalue weighted by atomic mass is 32.2. The van der Waals surface area contributed by atoms with Gasteiger partial charge in [0.15, 0.2) is 23.0 Å². The SMILES string of the molecule is O=C(Nc1ccc2c(c1)OCO2)c1cccc(NS(=O)(=O)c2ccc3c(c2)OCCO3)c1. The van der Waals surface area contributed by atoms with Gasteiger partial charge >= 0.3 is 0 Å². The largest absolute Gasteiger partial charge is 0.486 e. The fraction of sp³-hybridized carbons (Fsp3) is 0.136. The van der Waals surface area contributed by atoms with Crippen LogP contribution < -0.4 is 29.0 Å². The van der Waals surface area contributed by atoms with Gasteiger partial charge in [-0.1, -0.05) is 6.07 Å². The van der Waals surface area contributed by atoms with Gasteiger partial charge in [0.2, 0.25) is 6.79 Å². The minimum Gasteiger partial charge on any atom is -0.486 e. The van der Waals surface area contributed by atoms with E-state index in [0.717, 1.165) is 0 Å². The normalized spacial score (nSPS) is 14.0. The maximum absolute atomic E-state index is 12.8. The number of carbonyl (C=O) groups excluding carboxylic acids is 1. The molecule has 164 valence electrons. The van der Waals surface area contributed by atoms with Crippen molar-refractivity contribution in [2.24, 2.45) is 0 Å². The molecule has 0 atom stereocenters. The number of sulfonamides is 1. The molecule has 0 bridgehead atoms. The van der Waals surface area contributed by atoms with E-state index in [1.807, 2.05) is 0 Å². The van der Waals surface area contributed by atoms with Crippen LogP contribution in [0.4, 0.5) is 11.4 Å². The van der Waals surface area contributed by atoms with Crippen molar-refractivity contribution in [2.45, 2.75) is 4.90 Å². The predicted octanol–water partition coefficient (Wildman–Crippen LogP) is 3.24. The van der Waals surface area contributed by atoms with E-state index in [9.17, 15) is 13.2 Å². The first-order valence-electron chi connectivity index (χ1n) is 9.71. The first kappa shape index (κ1) is 20.0. The lowest BCUT2D eigenvalue weighted by Crippen LogP contribution is -2.17. The van der Waals surface area contributed by atoms with Crippen molar-refractivity contribution >= 4 is 27.3 Å². The third-order valence-electron chi connectivity index (χ3n) is 4.83. The Morgan fingerprint density at radius 3 is 2.34 bits per heavy atom. The van der Waals surface area contributed by atoms with Crippen LogP contribution >= 0.6 is 0 Å². The van der Waals surface area contributed by atoms with E-state index >= 15 is 0 Å². The summed E-state index contributed by atoms with van der Waals surface area (Å²) < 4.78 is 49.6. The Kier molecular flexibility index (Phi) is 4.98. The van der Waals surface area contributed by atoms with Crippen LogP contribution in [0.15, 0.2) is 65.6 Å². The van der Waals surface area contributed by atoms with Gasteiger partial charge < -0.3 is 24.3 Å². The summed E-state index contributed by atoms with van der Waals surface area (Å²) in [5.74, 6) is 1.62. The predicted molar refractivity (Wildman–Crippen MR) is 115 cm³/mol. The summed E-state index contributed by atoms with van der Waals surface area (Å²) in [6, 6.07) is 15.7. The minimum atomic E-state index is -3.90. The van der Waals surface area contributed by atoms with Gasteiger partial charge in [-0.2, -0.15) is 0 Å². The Hall–Kier alpha value is -3.92. The van der Waals surface area contributed by atoms with Gasteiger partial charge in [-0.05, 0) is 42.5 Å². The Morgan fingerprint density at radius 2 is 1.47 bits per heavy atom. The standard InChI is InChI=1S/C22H18N2O7S/c25-22(23-15-4-6-19-20(11-15)31-13-30-19)14-2-1-3-16(10-14)24-32(26,27)17-5-7-18-21(12-17)29-9-8-28-18/h1-7,10-12,24H,8-9,13H2,(H,23,25). The van der Waals surface area contributed by atoms with Gasteiger partial charge in [-0.25, -0.2) is 8.42 Å². The number of hydrogen-bond acceptors (Lipinski definition) is 7. The Labute approximate surface area is 183 Å². The zero-order chi connectivity index (χ0) is 22.1. The van der Waals surface area contributed by atoms with Crippen molar-refractivity contribution in [3.05, 3.63) is 66.2 Å². The molecular formula is C22H18N2O7S. The number of hydrogen-bond donors (Lipinski definition) is 2. The maximum Gasteiger partial charge on any atom is 0.262 e. The van der Waals surface area contributed by atoms with Crippen LogP contribution in [0.2, 0.25) is 0 Å². The number of ether oxygens (including phenoxy) is 4. The number of rotatable bonds is 5. The number of amides is 1. The summed E-state index contributed by atoms with van der Waals surface area (Å²) in [6.45, 7) is 0.904. The summed E-state index contributed by atoms with van der Waals surface area (Å²) in [7, 11) is -3.90. The number of fused-ring (bicyclic) bond motifs is 2. The second-order valence-corrected chi connectivity index (χ2v) is 8.70. The molecule has 2 N–H and O–H groups in total. The van der Waals surface area contributed by atoms with Gasteiger partial charge in [-0.3, -0.25) is 9.52 Å². The lowest BCUT2D eigenvalue weighted by Gasteiger charge is -2.19. The average molecular weight is 454 g/mol. The molecule has 0 saturated heterocycles. The molecule has 10 heteroatoms. The first-order valence-corrected chi connectivity index (χ1v) is 11.2. The van der Waals surface area contributed by atoms with Crippen LogP contribution in [-0.2, 0) is 10.0 Å². The van der Waals surface area contributed by atoms with Crippen molar-refractivity contribution < 1.29 is 32.2 Å². The van der Waals surface area contributed by atoms with Gasteiger partial charge in [0.05, 0.1) is 4.90 Å². The van der Waals surface area contributed by atoms with Crippen LogP contribution in [0.25, 0.3) is 0 Å². The highest BCUT2D eigenvalue weighted by Gasteiger charge is 2.20. The topological polar surface area (TPSA) is 112 Å². The summed E-state index contributed by atoms with van der Waals surface area (Å²) in [5, 5.41) is 2.76. The van der Waals surface area contributed by atoms with Gasteiger partial charge in [0.25, 0.3) is 15.9 Å². The summed E-state index contributed by atoms with van der Waals surface area (Å²) in [4.78, 5) is 12.7. The third kappa shape index (κ3) is 4.00. The molecule has 0 spiro atoms. The summed E-state index contributed by atoms with van der Waals surface area (Å²) in [5.41, 5.74) is 1.06. The second-order valence-electron chi connectivity index (χ2n) is 7.01. The molecule has 0 saturated carbocycles. The number of benzene rings is 3. The van der Waals surface area contributed by atoms with Crippen LogP contribution in [0.1, 0.15) is 10.4 Å². The number of anilines is 2. The van der Waals surface area contributed by atoms with Crippen molar-refractivity contribution in [3.63, 3.8) is 0 Å². The molecule has 9 nitrogen and oxygen atoms in total. The maximum atomic E-state index is 12.8. The van der Waals surface area contributed by atoms with E-state index in [-0.39, 0.29) is 22.9 Å². The Balaban J connectivity index is 1.33. The van der Waals surface area contributed by atoms with Gasteiger partial charge in [0, 0.05) is 29.1 Å². The highest BCUT2D eigenvalue weighted by Crippen LogP contribution is 2.35. The summed E-state index contributed by atoms with van der Waals surface area (Å²) >= 11 is 0. The molecule has 2 aliphatic rings. The van der Waals surface area contributed by atoms with Crippen LogP contribution in [0, 0.1) is 0 Å². The van der Waals surface area contributed by atoms with E-state index in [1.54, 1.807) is 42.5 Å². The summed E-state index contributed by atoms with van der Waals surface area (Å²) in [6.07, 6.45) is 0. The zero-order valence-electron chi connectivity index (χ0n) is 16.7. The molecule has 3 aromatic carbocycles. The van der Waals surface area contributed by atoms with E-state index in [2.05, 4.69) is 10.0 Å². The van der Waals surface area contributed by atoms with Crippen LogP contribution in [-0.4, -0.2) is 34.3 Å². The first-order chi connectivity index (χ1) is 15.5. The fourth-order valence-corrected chi connectivity index (χ4v) is 4.37. The molecule has 0 fully saturated rings. The van der Waals surface area contributed by atoms with E-state index in [1.165, 1.54) is 18.2 Å². The van der Waals surface area contributed by atoms with E-state index < -0.39 is 15.9 Å². The highest BCUT2D eigenvalue weighted by molar-refractivity contribution is 7.92. The van der Waals surface area contributed by atoms with Crippen molar-refractivity contribution in [1.29, 1.82) is 0 Å². The minimum absolute atomic E-state index is 0.0250. The molecule has 1 amide bonds. The molecular weight excluding hydrogens is 436 g/mol. The number of carbonyl (C=O) groups is 1. The monoisotopic (exact) mass is 454 g/mol. The molecule has 2 aliphatic heterocycles. The molecule has 0 aromatic heterocycles. The third-order valence-corrected chi connectivity index (χ3v) is 6.21. The average Bonchev–Trinajstić information content (AvgIpc) is 3.26. The van der Waals surface area contributed by atoms with E-state index in [0.29, 0.717) is 41.9 Å². The molecule has 0 radical (unpaired) electrons. The number of nitrogens with one attached hydrogen (secondary N) is 2. The van der Waals surface area contributed by atoms with Gasteiger partial charge in [-0.15, -0.1) is 0 Å². The van der Waals surface area contributed by atoms with Crippen molar-refractivity contribution in [1.82, 2.24) is 0 Å². The molecule has 0 unspecified atom stereocenters. The van der Waals surface area contributed by atoms with Crippen molar-refractivity contribution in [3.8, 4) is 23.0 Å². The lowest BCUT2D eigenvalue weighted by molar-refractivity contribution is 0.102. The molecule has 3 aromatic rings. The second kappa shape index (κ2) is 7.97. The fourth-order valence-electron chi connectivity index (χ4n) is 3.31. The smallest absolute Gasteiger partial charge is 0.262 e. The van der Waals surface area contributed by atoms with Crippen molar-refractivity contribution in [2.75, 3.05) is 30.0 Å². The molecule has 32 heavy (non-hydrogen) atoms. The molecule has 5 rings (SSSR count).